The highest BCUT2D eigenvalue weighted by molar-refractivity contribution is 6.19. The van der Waals surface area contributed by atoms with Gasteiger partial charge >= 0.3 is 11.9 Å². The van der Waals surface area contributed by atoms with Crippen molar-refractivity contribution in [3.8, 4) is 11.5 Å². The molecular weight excluding hydrogens is 616 g/mol. The Morgan fingerprint density at radius 2 is 1.26 bits per heavy atom. The molecule has 2 amide bonds. The van der Waals surface area contributed by atoms with Crippen LogP contribution in [0.15, 0.2) is 60.7 Å². The number of alkyl halides is 1. The molecule has 9 rings (SSSR count). The summed E-state index contributed by atoms with van der Waals surface area (Å²) in [5.74, 6) is 0.587. The molecule has 1 unspecified atom stereocenters. The van der Waals surface area contributed by atoms with Crippen LogP contribution in [-0.4, -0.2) is 42.7 Å². The van der Waals surface area contributed by atoms with Crippen molar-refractivity contribution in [3.05, 3.63) is 71.8 Å². The van der Waals surface area contributed by atoms with Gasteiger partial charge in [-0.3, -0.25) is 19.2 Å². The van der Waals surface area contributed by atoms with E-state index in [9.17, 15) is 19.2 Å². The topological polar surface area (TPSA) is 93.2 Å². The summed E-state index contributed by atoms with van der Waals surface area (Å²) in [6, 6.07) is 19.3. The molecule has 47 heavy (non-hydrogen) atoms. The minimum atomic E-state index is -0.413. The molecule has 2 heterocycles. The molecular formula is C38H35ClN2O6. The number of rotatable bonds is 7. The molecule has 1 atom stereocenters. The third kappa shape index (κ3) is 4.79. The number of halogens is 1. The fourth-order valence-corrected chi connectivity index (χ4v) is 9.44. The van der Waals surface area contributed by atoms with Crippen molar-refractivity contribution in [1.29, 1.82) is 0 Å². The number of benzene rings is 4. The molecule has 3 fully saturated rings. The van der Waals surface area contributed by atoms with Crippen LogP contribution in [0.3, 0.4) is 0 Å². The number of hydrogen-bond donors (Lipinski definition) is 0. The first-order valence-electron chi connectivity index (χ1n) is 16.2. The third-order valence-corrected chi connectivity index (χ3v) is 11.1. The molecule has 3 aliphatic carbocycles. The SMILES string of the molecule is CC(=O)Oc1cc2c(c3ccccc13)CCN2C(=O)CC12CC(CC(=O)N3CC(CCl)c4c3cc(OC(C)=O)c3ccccc43)(C1)C2. The van der Waals surface area contributed by atoms with E-state index in [1.807, 2.05) is 70.5 Å². The van der Waals surface area contributed by atoms with Crippen molar-refractivity contribution >= 4 is 68.3 Å². The van der Waals surface area contributed by atoms with E-state index >= 15 is 0 Å². The number of ether oxygens (including phenoxy) is 2. The maximum atomic E-state index is 13.9. The Morgan fingerprint density at radius 1 is 0.745 bits per heavy atom. The van der Waals surface area contributed by atoms with Crippen LogP contribution in [0.2, 0.25) is 0 Å². The monoisotopic (exact) mass is 650 g/mol. The molecule has 0 N–H and O–H groups in total. The quantitative estimate of drug-likeness (QED) is 0.121. The van der Waals surface area contributed by atoms with Crippen molar-refractivity contribution in [2.75, 3.05) is 28.8 Å². The lowest BCUT2D eigenvalue weighted by atomic mass is 9.33. The Labute approximate surface area is 277 Å². The first kappa shape index (κ1) is 29.9. The number of esters is 2. The zero-order chi connectivity index (χ0) is 32.7. The van der Waals surface area contributed by atoms with Gasteiger partial charge in [0.05, 0.1) is 11.4 Å². The maximum Gasteiger partial charge on any atom is 0.308 e. The predicted octanol–water partition coefficient (Wildman–Crippen LogP) is 7.05. The Morgan fingerprint density at radius 3 is 1.83 bits per heavy atom. The van der Waals surface area contributed by atoms with Crippen LogP contribution < -0.4 is 19.3 Å². The van der Waals surface area contributed by atoms with Crippen LogP contribution >= 0.6 is 11.6 Å². The van der Waals surface area contributed by atoms with E-state index in [0.29, 0.717) is 43.3 Å². The van der Waals surface area contributed by atoms with Gasteiger partial charge in [0.25, 0.3) is 0 Å². The van der Waals surface area contributed by atoms with E-state index in [4.69, 9.17) is 21.1 Å². The second kappa shape index (κ2) is 10.8. The molecule has 9 heteroatoms. The van der Waals surface area contributed by atoms with Gasteiger partial charge < -0.3 is 19.3 Å². The normalized spacial score (nSPS) is 23.6. The minimum absolute atomic E-state index is 0.0225. The smallest absolute Gasteiger partial charge is 0.308 e. The van der Waals surface area contributed by atoms with Crippen LogP contribution in [-0.2, 0) is 25.6 Å². The van der Waals surface area contributed by atoms with Gasteiger partial charge in [-0.25, -0.2) is 0 Å². The fraction of sp³-hybridized carbons (Fsp3) is 0.368. The van der Waals surface area contributed by atoms with Gasteiger partial charge in [0.15, 0.2) is 0 Å². The summed E-state index contributed by atoms with van der Waals surface area (Å²) in [5.41, 5.74) is 3.55. The van der Waals surface area contributed by atoms with Gasteiger partial charge in [-0.1, -0.05) is 48.5 Å². The molecule has 0 radical (unpaired) electrons. The Hall–Kier alpha value is -4.43. The summed E-state index contributed by atoms with van der Waals surface area (Å²) in [6.45, 7) is 3.85. The van der Waals surface area contributed by atoms with Crippen LogP contribution in [0.5, 0.6) is 11.5 Å². The molecule has 2 bridgehead atoms. The number of anilines is 2. The summed E-state index contributed by atoms with van der Waals surface area (Å²) in [4.78, 5) is 55.1. The Balaban J connectivity index is 0.977. The lowest BCUT2D eigenvalue weighted by Crippen LogP contribution is -2.64. The second-order valence-corrected chi connectivity index (χ2v) is 14.3. The molecule has 0 saturated heterocycles. The number of nitrogens with zero attached hydrogens (tertiary/aromatic N) is 2. The molecule has 4 aromatic carbocycles. The lowest BCUT2D eigenvalue weighted by Gasteiger charge is -2.71. The van der Waals surface area contributed by atoms with Crippen molar-refractivity contribution < 1.29 is 28.7 Å². The van der Waals surface area contributed by atoms with Crippen molar-refractivity contribution in [3.63, 3.8) is 0 Å². The molecule has 4 aromatic rings. The standard InChI is InChI=1S/C38H35ClN2O6/c1-22(42)46-32-13-30-26(25-7-3-4-8-27(25)32)11-12-40(30)34(44)15-37-19-38(20-37,21-37)16-35(45)41-18-24(17-39)36-29-10-6-5-9-28(29)33(14-31(36)41)47-23(2)43/h3-10,13-14,24H,11-12,15-21H2,1-2H3. The number of carbonyl (C=O) groups excluding carboxylic acids is 4. The van der Waals surface area contributed by atoms with Gasteiger partial charge in [0, 0.05) is 74.5 Å². The molecule has 3 saturated carbocycles. The maximum absolute atomic E-state index is 13.9. The summed E-state index contributed by atoms with van der Waals surface area (Å²) in [6.07, 6.45) is 4.16. The van der Waals surface area contributed by atoms with E-state index in [2.05, 4.69) is 0 Å². The zero-order valence-corrected chi connectivity index (χ0v) is 27.2. The lowest BCUT2D eigenvalue weighted by molar-refractivity contribution is -0.209. The Bertz CT molecular complexity index is 2020. The summed E-state index contributed by atoms with van der Waals surface area (Å²) >= 11 is 6.44. The van der Waals surface area contributed by atoms with Crippen molar-refractivity contribution in [1.82, 2.24) is 0 Å². The van der Waals surface area contributed by atoms with Crippen LogP contribution in [0.4, 0.5) is 11.4 Å². The highest BCUT2D eigenvalue weighted by atomic mass is 35.5. The second-order valence-electron chi connectivity index (χ2n) is 14.0. The third-order valence-electron chi connectivity index (χ3n) is 10.7. The van der Waals surface area contributed by atoms with Crippen LogP contribution in [0.25, 0.3) is 21.5 Å². The average molecular weight is 651 g/mol. The van der Waals surface area contributed by atoms with E-state index in [0.717, 1.165) is 69.7 Å². The van der Waals surface area contributed by atoms with Crippen LogP contribution in [0, 0.1) is 10.8 Å². The largest absolute Gasteiger partial charge is 0.426 e. The molecule has 2 aliphatic heterocycles. The number of hydrogen-bond acceptors (Lipinski definition) is 6. The summed E-state index contributed by atoms with van der Waals surface area (Å²) < 4.78 is 11.1. The van der Waals surface area contributed by atoms with Gasteiger partial charge in [-0.05, 0) is 58.4 Å². The van der Waals surface area contributed by atoms with Crippen LogP contribution in [0.1, 0.15) is 63.0 Å². The summed E-state index contributed by atoms with van der Waals surface area (Å²) in [7, 11) is 0. The van der Waals surface area contributed by atoms with Gasteiger partial charge in [0.2, 0.25) is 11.8 Å². The molecule has 5 aliphatic rings. The van der Waals surface area contributed by atoms with Gasteiger partial charge in [-0.15, -0.1) is 11.6 Å². The van der Waals surface area contributed by atoms with Gasteiger partial charge in [0.1, 0.15) is 11.5 Å². The zero-order valence-electron chi connectivity index (χ0n) is 26.4. The highest BCUT2D eigenvalue weighted by Crippen LogP contribution is 2.76. The molecule has 8 nitrogen and oxygen atoms in total. The van der Waals surface area contributed by atoms with E-state index in [-0.39, 0.29) is 28.6 Å². The Kier molecular flexibility index (Phi) is 6.88. The summed E-state index contributed by atoms with van der Waals surface area (Å²) in [5, 5.41) is 3.65. The first-order chi connectivity index (χ1) is 22.6. The molecule has 0 spiro atoms. The molecule has 0 aromatic heterocycles. The first-order valence-corrected chi connectivity index (χ1v) is 16.8. The fourth-order valence-electron chi connectivity index (χ4n) is 9.19. The van der Waals surface area contributed by atoms with Gasteiger partial charge in [-0.2, -0.15) is 0 Å². The number of fused-ring (bicyclic) bond motifs is 6. The predicted molar refractivity (Wildman–Crippen MR) is 180 cm³/mol. The van der Waals surface area contributed by atoms with E-state index in [1.54, 1.807) is 0 Å². The molecule has 240 valence electrons. The van der Waals surface area contributed by atoms with Crippen molar-refractivity contribution in [2.24, 2.45) is 10.8 Å². The average Bonchev–Trinajstić information content (AvgIpc) is 3.61. The van der Waals surface area contributed by atoms with E-state index < -0.39 is 11.9 Å². The van der Waals surface area contributed by atoms with Crippen molar-refractivity contribution in [2.45, 2.75) is 58.3 Å². The number of amides is 2. The number of carbonyl (C=O) groups is 4. The highest BCUT2D eigenvalue weighted by Gasteiger charge is 2.68. The minimum Gasteiger partial charge on any atom is -0.426 e. The van der Waals surface area contributed by atoms with E-state index in [1.165, 1.54) is 13.8 Å².